The third-order valence-electron chi connectivity index (χ3n) is 4.35. The number of aryl methyl sites for hydroxylation is 1. The average Bonchev–Trinajstić information content (AvgIpc) is 2.72. The lowest BCUT2D eigenvalue weighted by Gasteiger charge is -2.13. The van der Waals surface area contributed by atoms with Crippen LogP contribution in [-0.2, 0) is 23.0 Å². The van der Waals surface area contributed by atoms with Crippen molar-refractivity contribution in [3.05, 3.63) is 78.0 Å². The van der Waals surface area contributed by atoms with Crippen LogP contribution in [0, 0.1) is 0 Å². The van der Waals surface area contributed by atoms with Crippen LogP contribution in [-0.4, -0.2) is 20.5 Å². The smallest absolute Gasteiger partial charge is 0.241 e. The molecule has 0 aliphatic carbocycles. The Morgan fingerprint density at radius 1 is 0.963 bits per heavy atom. The van der Waals surface area contributed by atoms with Crippen LogP contribution in [0.4, 0.5) is 0 Å². The van der Waals surface area contributed by atoms with Crippen molar-refractivity contribution in [2.75, 3.05) is 7.11 Å². The molecule has 0 unspecified atom stereocenters. The van der Waals surface area contributed by atoms with Gasteiger partial charge in [-0.1, -0.05) is 31.2 Å². The Morgan fingerprint density at radius 2 is 1.67 bits per heavy atom. The van der Waals surface area contributed by atoms with E-state index in [1.54, 1.807) is 31.5 Å². The van der Waals surface area contributed by atoms with E-state index >= 15 is 0 Å². The minimum Gasteiger partial charge on any atom is -0.497 e. The quantitative estimate of drug-likeness (QED) is 0.675. The van der Waals surface area contributed by atoms with Gasteiger partial charge < -0.3 is 4.74 Å². The molecule has 1 N–H and O–H groups in total. The number of rotatable bonds is 7. The van der Waals surface area contributed by atoms with E-state index in [1.165, 1.54) is 0 Å². The lowest BCUT2D eigenvalue weighted by molar-refractivity contribution is 0.415. The summed E-state index contributed by atoms with van der Waals surface area (Å²) in [5.74, 6) is 0.758. The highest BCUT2D eigenvalue weighted by Crippen LogP contribution is 2.24. The molecule has 140 valence electrons. The number of sulfonamides is 1. The lowest BCUT2D eigenvalue weighted by Crippen LogP contribution is -2.24. The van der Waals surface area contributed by atoms with Crippen LogP contribution < -0.4 is 9.46 Å². The average molecular weight is 382 g/mol. The number of benzene rings is 2. The molecule has 0 spiro atoms. The second kappa shape index (κ2) is 8.33. The van der Waals surface area contributed by atoms with Crippen molar-refractivity contribution in [3.63, 3.8) is 0 Å². The fraction of sp³-hybridized carbons (Fsp3) is 0.190. The summed E-state index contributed by atoms with van der Waals surface area (Å²) in [6.07, 6.45) is 2.35. The molecule has 0 atom stereocenters. The number of aromatic nitrogens is 1. The highest BCUT2D eigenvalue weighted by atomic mass is 32.2. The molecule has 1 aromatic heterocycles. The van der Waals surface area contributed by atoms with E-state index < -0.39 is 10.0 Å². The minimum atomic E-state index is -3.61. The van der Waals surface area contributed by atoms with E-state index in [-0.39, 0.29) is 6.54 Å². The summed E-state index contributed by atoms with van der Waals surface area (Å²) in [6.45, 7) is 2.10. The van der Waals surface area contributed by atoms with Gasteiger partial charge in [0.05, 0.1) is 17.7 Å². The SMILES string of the molecule is CCc1ccccc1S(=O)(=O)NCc1cccnc1-c1ccc(OC)cc1. The first-order chi connectivity index (χ1) is 13.0. The van der Waals surface area contributed by atoms with E-state index in [9.17, 15) is 8.42 Å². The van der Waals surface area contributed by atoms with Crippen molar-refractivity contribution in [2.45, 2.75) is 24.8 Å². The molecule has 0 fully saturated rings. The molecule has 0 amide bonds. The van der Waals surface area contributed by atoms with Gasteiger partial charge in [-0.25, -0.2) is 13.1 Å². The summed E-state index contributed by atoms with van der Waals surface area (Å²) in [5.41, 5.74) is 3.25. The van der Waals surface area contributed by atoms with E-state index in [0.717, 1.165) is 28.1 Å². The first-order valence-electron chi connectivity index (χ1n) is 8.71. The number of hydrogen-bond acceptors (Lipinski definition) is 4. The Bertz CT molecular complexity index is 1020. The molecule has 27 heavy (non-hydrogen) atoms. The molecule has 0 saturated carbocycles. The molecule has 0 bridgehead atoms. The molecule has 1 heterocycles. The molecule has 6 heteroatoms. The molecule has 3 aromatic rings. The van der Waals surface area contributed by atoms with Crippen molar-refractivity contribution in [3.8, 4) is 17.0 Å². The minimum absolute atomic E-state index is 0.162. The fourth-order valence-electron chi connectivity index (χ4n) is 2.90. The number of hydrogen-bond donors (Lipinski definition) is 1. The van der Waals surface area contributed by atoms with Crippen molar-refractivity contribution in [2.24, 2.45) is 0 Å². The molecule has 0 radical (unpaired) electrons. The molecule has 0 saturated heterocycles. The van der Waals surface area contributed by atoms with Crippen molar-refractivity contribution in [1.29, 1.82) is 0 Å². The maximum absolute atomic E-state index is 12.8. The predicted octanol–water partition coefficient (Wildman–Crippen LogP) is 3.80. The maximum atomic E-state index is 12.8. The van der Waals surface area contributed by atoms with Crippen molar-refractivity contribution >= 4 is 10.0 Å². The van der Waals surface area contributed by atoms with Crippen LogP contribution >= 0.6 is 0 Å². The van der Waals surface area contributed by atoms with Crippen LogP contribution in [0.5, 0.6) is 5.75 Å². The van der Waals surface area contributed by atoms with E-state index in [4.69, 9.17) is 4.74 Å². The van der Waals surface area contributed by atoms with Gasteiger partial charge in [0.2, 0.25) is 10.0 Å². The first-order valence-corrected chi connectivity index (χ1v) is 10.2. The summed E-state index contributed by atoms with van der Waals surface area (Å²) < 4.78 is 33.4. The number of pyridine rings is 1. The van der Waals surface area contributed by atoms with Crippen LogP contribution in [0.3, 0.4) is 0 Å². The van der Waals surface area contributed by atoms with Gasteiger partial charge in [-0.05, 0) is 53.9 Å². The molecule has 0 aliphatic heterocycles. The summed E-state index contributed by atoms with van der Waals surface area (Å²) >= 11 is 0. The van der Waals surface area contributed by atoms with Gasteiger partial charge in [0.15, 0.2) is 0 Å². The Morgan fingerprint density at radius 3 is 2.37 bits per heavy atom. The lowest BCUT2D eigenvalue weighted by atomic mass is 10.1. The second-order valence-corrected chi connectivity index (χ2v) is 7.76. The van der Waals surface area contributed by atoms with Gasteiger partial charge in [0, 0.05) is 18.3 Å². The maximum Gasteiger partial charge on any atom is 0.241 e. The van der Waals surface area contributed by atoms with Gasteiger partial charge in [-0.2, -0.15) is 0 Å². The molecule has 0 aliphatic rings. The highest BCUT2D eigenvalue weighted by Gasteiger charge is 2.18. The monoisotopic (exact) mass is 382 g/mol. The van der Waals surface area contributed by atoms with Crippen LogP contribution in [0.15, 0.2) is 71.8 Å². The van der Waals surface area contributed by atoms with Gasteiger partial charge in [0.1, 0.15) is 5.75 Å². The highest BCUT2D eigenvalue weighted by molar-refractivity contribution is 7.89. The predicted molar refractivity (Wildman–Crippen MR) is 106 cm³/mol. The van der Waals surface area contributed by atoms with Crippen molar-refractivity contribution in [1.82, 2.24) is 9.71 Å². The third-order valence-corrected chi connectivity index (χ3v) is 5.85. The van der Waals surface area contributed by atoms with Crippen LogP contribution in [0.1, 0.15) is 18.1 Å². The first kappa shape index (κ1) is 19.1. The van der Waals surface area contributed by atoms with Crippen LogP contribution in [0.25, 0.3) is 11.3 Å². The van der Waals surface area contributed by atoms with E-state index in [0.29, 0.717) is 11.3 Å². The van der Waals surface area contributed by atoms with Gasteiger partial charge in [0.25, 0.3) is 0 Å². The number of methoxy groups -OCH3 is 1. The Kier molecular flexibility index (Phi) is 5.88. The molecular weight excluding hydrogens is 360 g/mol. The summed E-state index contributed by atoms with van der Waals surface area (Å²) in [6, 6.07) is 18.3. The standard InChI is InChI=1S/C21H22N2O3S/c1-3-16-7-4-5-9-20(16)27(24,25)23-15-18-8-6-14-22-21(18)17-10-12-19(26-2)13-11-17/h4-14,23H,3,15H2,1-2H3. The van der Waals surface area contributed by atoms with Gasteiger partial charge in [-0.3, -0.25) is 4.98 Å². The Hall–Kier alpha value is -2.70. The fourth-order valence-corrected chi connectivity index (χ4v) is 4.21. The number of nitrogens with zero attached hydrogens (tertiary/aromatic N) is 1. The number of ether oxygens (including phenoxy) is 1. The summed E-state index contributed by atoms with van der Waals surface area (Å²) in [4.78, 5) is 4.76. The second-order valence-electron chi connectivity index (χ2n) is 6.03. The molecule has 3 rings (SSSR count). The van der Waals surface area contributed by atoms with Gasteiger partial charge in [-0.15, -0.1) is 0 Å². The summed E-state index contributed by atoms with van der Waals surface area (Å²) in [5, 5.41) is 0. The zero-order chi connectivity index (χ0) is 19.3. The largest absolute Gasteiger partial charge is 0.497 e. The van der Waals surface area contributed by atoms with Crippen LogP contribution in [0.2, 0.25) is 0 Å². The zero-order valence-corrected chi connectivity index (χ0v) is 16.2. The number of nitrogens with one attached hydrogen (secondary N) is 1. The van der Waals surface area contributed by atoms with E-state index in [2.05, 4.69) is 9.71 Å². The molecule has 2 aromatic carbocycles. The topological polar surface area (TPSA) is 68.3 Å². The Labute approximate surface area is 160 Å². The van der Waals surface area contributed by atoms with Gasteiger partial charge >= 0.3 is 0 Å². The zero-order valence-electron chi connectivity index (χ0n) is 15.3. The van der Waals surface area contributed by atoms with Crippen molar-refractivity contribution < 1.29 is 13.2 Å². The third kappa shape index (κ3) is 4.35. The molecular formula is C21H22N2O3S. The molecule has 5 nitrogen and oxygen atoms in total. The van der Waals surface area contributed by atoms with E-state index in [1.807, 2.05) is 49.4 Å². The Balaban J connectivity index is 1.86. The normalized spacial score (nSPS) is 11.3. The summed E-state index contributed by atoms with van der Waals surface area (Å²) in [7, 11) is -1.99.